The number of aliphatic carboxylic acids is 1. The number of allylic oxidation sites excluding steroid dienone is 4. The molecule has 0 bridgehead atoms. The molecule has 6 rings (SSSR count). The van der Waals surface area contributed by atoms with Crippen LogP contribution in [0.3, 0.4) is 0 Å². The molecule has 0 aromatic carbocycles. The van der Waals surface area contributed by atoms with Crippen LogP contribution in [0.1, 0.15) is 139 Å². The van der Waals surface area contributed by atoms with Crippen molar-refractivity contribution in [3.63, 3.8) is 0 Å². The van der Waals surface area contributed by atoms with Crippen molar-refractivity contribution in [3.8, 4) is 0 Å². The number of carboxylic acid groups (broad SMARTS) is 1. The Morgan fingerprint density at radius 3 is 2.23 bits per heavy atom. The highest BCUT2D eigenvalue weighted by atomic mass is 16.5. The minimum atomic E-state index is -1.16. The van der Waals surface area contributed by atoms with E-state index in [9.17, 15) is 24.3 Å². The summed E-state index contributed by atoms with van der Waals surface area (Å²) >= 11 is 0. The predicted octanol–water partition coefficient (Wildman–Crippen LogP) is 8.84. The monoisotopic (exact) mass is 730 g/mol. The molecule has 0 aromatic heterocycles. The van der Waals surface area contributed by atoms with E-state index in [1.165, 1.54) is 5.57 Å². The first-order valence-electron chi connectivity index (χ1n) is 20.5. The van der Waals surface area contributed by atoms with Crippen LogP contribution in [-0.4, -0.2) is 53.1 Å². The molecule has 0 spiro atoms. The maximum absolute atomic E-state index is 14.0. The zero-order chi connectivity index (χ0) is 38.9. The smallest absolute Gasteiger partial charge is 0.309 e. The molecule has 1 amide bonds. The molecule has 0 aliphatic heterocycles. The quantitative estimate of drug-likeness (QED) is 0.132. The lowest BCUT2D eigenvalue weighted by atomic mass is 9.36. The number of ether oxygens (including phenoxy) is 1. The van der Waals surface area contributed by atoms with Crippen LogP contribution in [0.25, 0.3) is 0 Å². The van der Waals surface area contributed by atoms with E-state index in [1.807, 2.05) is 19.1 Å². The Morgan fingerprint density at radius 2 is 1.62 bits per heavy atom. The molecule has 6 aliphatic carbocycles. The predicted molar refractivity (Wildman–Crippen MR) is 208 cm³/mol. The van der Waals surface area contributed by atoms with E-state index in [0.29, 0.717) is 30.1 Å². The second kappa shape index (κ2) is 13.6. The van der Waals surface area contributed by atoms with Gasteiger partial charge in [-0.3, -0.25) is 24.2 Å². The van der Waals surface area contributed by atoms with Gasteiger partial charge in [0.25, 0.3) is 0 Å². The SMILES string of the molecule is C/C=C\C(=NC)C1(NC(=O)/C=C/C23CCC4C(CCC5C4(C)CCC4C(C)(C)C(OC(=O)CC(C)(C)C(=O)O)CCC45C)C2=C(C(C)C)C(=O)C3)CC1. The van der Waals surface area contributed by atoms with E-state index in [4.69, 9.17) is 4.74 Å². The molecule has 0 saturated heterocycles. The van der Waals surface area contributed by atoms with Gasteiger partial charge in [-0.1, -0.05) is 53.7 Å². The number of hydrogen-bond donors (Lipinski definition) is 2. The van der Waals surface area contributed by atoms with E-state index in [1.54, 1.807) is 27.0 Å². The van der Waals surface area contributed by atoms with E-state index in [0.717, 1.165) is 75.5 Å². The highest BCUT2D eigenvalue weighted by molar-refractivity contribution is 6.08. The number of fused-ring (bicyclic) bond motifs is 7. The minimum Gasteiger partial charge on any atom is -0.481 e. The molecular formula is C45H66N2O6. The van der Waals surface area contributed by atoms with Crippen molar-refractivity contribution < 1.29 is 29.0 Å². The number of hydrogen-bond acceptors (Lipinski definition) is 6. The lowest BCUT2D eigenvalue weighted by Crippen LogP contribution is -2.63. The highest BCUT2D eigenvalue weighted by Crippen LogP contribution is 2.73. The number of carboxylic acids is 1. The van der Waals surface area contributed by atoms with Crippen molar-refractivity contribution in [1.82, 2.24) is 5.32 Å². The summed E-state index contributed by atoms with van der Waals surface area (Å²) in [4.78, 5) is 56.7. The van der Waals surface area contributed by atoms with Gasteiger partial charge in [0.05, 0.1) is 23.1 Å². The van der Waals surface area contributed by atoms with E-state index in [-0.39, 0.29) is 51.9 Å². The number of carbonyl (C=O) groups excluding carboxylic acids is 3. The molecule has 8 nitrogen and oxygen atoms in total. The lowest BCUT2D eigenvalue weighted by Gasteiger charge is -2.68. The van der Waals surface area contributed by atoms with Gasteiger partial charge in [0.1, 0.15) is 6.10 Å². The topological polar surface area (TPSA) is 122 Å². The van der Waals surface area contributed by atoms with Crippen molar-refractivity contribution in [2.24, 2.45) is 61.7 Å². The molecule has 292 valence electrons. The number of nitrogens with one attached hydrogen (secondary N) is 1. The number of esters is 1. The van der Waals surface area contributed by atoms with Gasteiger partial charge >= 0.3 is 11.9 Å². The zero-order valence-corrected chi connectivity index (χ0v) is 34.2. The Balaban J connectivity index is 1.24. The summed E-state index contributed by atoms with van der Waals surface area (Å²) < 4.78 is 6.15. The van der Waals surface area contributed by atoms with E-state index < -0.39 is 22.8 Å². The Labute approximate surface area is 318 Å². The first-order chi connectivity index (χ1) is 24.7. The molecular weight excluding hydrogens is 665 g/mol. The maximum Gasteiger partial charge on any atom is 0.309 e. The van der Waals surface area contributed by atoms with Crippen LogP contribution in [0, 0.1) is 56.7 Å². The molecule has 0 heterocycles. The Morgan fingerprint density at radius 1 is 0.943 bits per heavy atom. The third-order valence-electron chi connectivity index (χ3n) is 15.7. The molecule has 8 heteroatoms. The first-order valence-corrected chi connectivity index (χ1v) is 20.5. The summed E-state index contributed by atoms with van der Waals surface area (Å²) in [6.07, 6.45) is 17.7. The zero-order valence-electron chi connectivity index (χ0n) is 34.2. The average Bonchev–Trinajstić information content (AvgIpc) is 3.76. The van der Waals surface area contributed by atoms with Crippen molar-refractivity contribution in [1.29, 1.82) is 0 Å². The van der Waals surface area contributed by atoms with E-state index in [2.05, 4.69) is 57.9 Å². The Kier molecular flexibility index (Phi) is 10.2. The number of Topliss-reactive ketones (excluding diaryl/α,β-unsaturated/α-hetero) is 1. The largest absolute Gasteiger partial charge is 0.481 e. The van der Waals surface area contributed by atoms with Crippen molar-refractivity contribution >= 4 is 29.3 Å². The normalized spacial score (nSPS) is 37.6. The fraction of sp³-hybridized carbons (Fsp3) is 0.756. The third-order valence-corrected chi connectivity index (χ3v) is 15.7. The van der Waals surface area contributed by atoms with Gasteiger partial charge in [0.2, 0.25) is 5.91 Å². The number of nitrogens with zero attached hydrogens (tertiary/aromatic N) is 1. The van der Waals surface area contributed by atoms with Crippen LogP contribution < -0.4 is 5.32 Å². The Bertz CT molecular complexity index is 1660. The number of rotatable bonds is 10. The van der Waals surface area contributed by atoms with Crippen LogP contribution in [0.2, 0.25) is 0 Å². The lowest BCUT2D eigenvalue weighted by molar-refractivity contribution is -0.213. The van der Waals surface area contributed by atoms with Gasteiger partial charge < -0.3 is 15.2 Å². The van der Waals surface area contributed by atoms with Gasteiger partial charge in [-0.2, -0.15) is 0 Å². The standard InChI is InChI=1S/C45H66N2O6/c1-11-12-33(46-10)45(23-24-45)47-35(49)18-22-44-21-15-29-28(38(44)37(27(2)3)30(48)25-44)13-14-32-42(29,8)19-16-31-41(6,7)34(17-20-43(31,32)9)53-36(50)26-40(4,5)39(51)52/h11-12,18,22,27-29,31-32,34H,13-17,19-21,23-26H2,1-10H3,(H,47,49)(H,51,52)/b12-11-,22-18+,46-33?. The number of ketones is 1. The van der Waals surface area contributed by atoms with Crippen LogP contribution in [-0.2, 0) is 23.9 Å². The van der Waals surface area contributed by atoms with Crippen LogP contribution in [0.5, 0.6) is 0 Å². The second-order valence-electron chi connectivity index (χ2n) is 19.9. The number of amides is 1. The molecule has 0 radical (unpaired) electrons. The van der Waals surface area contributed by atoms with Crippen molar-refractivity contribution in [2.75, 3.05) is 7.05 Å². The van der Waals surface area contributed by atoms with Gasteiger partial charge in [-0.25, -0.2) is 0 Å². The highest BCUT2D eigenvalue weighted by Gasteiger charge is 2.66. The summed E-state index contributed by atoms with van der Waals surface area (Å²) in [5.74, 6) is 0.584. The fourth-order valence-electron chi connectivity index (χ4n) is 13.1. The van der Waals surface area contributed by atoms with Gasteiger partial charge in [-0.05, 0) is 149 Å². The molecule has 8 unspecified atom stereocenters. The molecule has 53 heavy (non-hydrogen) atoms. The van der Waals surface area contributed by atoms with Gasteiger partial charge in [0.15, 0.2) is 5.78 Å². The third kappa shape index (κ3) is 6.50. The molecule has 5 fully saturated rings. The molecule has 8 atom stereocenters. The summed E-state index contributed by atoms with van der Waals surface area (Å²) in [7, 11) is 1.78. The average molecular weight is 731 g/mol. The van der Waals surface area contributed by atoms with Gasteiger partial charge in [0, 0.05) is 24.3 Å². The summed E-state index contributed by atoms with van der Waals surface area (Å²) in [5, 5.41) is 12.9. The maximum atomic E-state index is 14.0. The van der Waals surface area contributed by atoms with Crippen LogP contribution in [0.15, 0.2) is 40.4 Å². The molecule has 6 aliphatic rings. The first kappa shape index (κ1) is 39.7. The molecule has 0 aromatic rings. The summed E-state index contributed by atoms with van der Waals surface area (Å²) in [6.45, 7) is 19.1. The van der Waals surface area contributed by atoms with Gasteiger partial charge in [-0.15, -0.1) is 0 Å². The second-order valence-corrected chi connectivity index (χ2v) is 19.9. The number of aliphatic imine (C=N–C) groups is 1. The number of carbonyl (C=O) groups is 4. The minimum absolute atomic E-state index is 0.0877. The van der Waals surface area contributed by atoms with Crippen LogP contribution >= 0.6 is 0 Å². The summed E-state index contributed by atoms with van der Waals surface area (Å²) in [5.41, 5.74) is 1.29. The summed E-state index contributed by atoms with van der Waals surface area (Å²) in [6, 6.07) is 0. The van der Waals surface area contributed by atoms with Crippen LogP contribution in [0.4, 0.5) is 0 Å². The molecule has 5 saturated carbocycles. The Hall–Kier alpha value is -3.03. The van der Waals surface area contributed by atoms with Crippen molar-refractivity contribution in [2.45, 2.75) is 151 Å². The molecule has 2 N–H and O–H groups in total. The fourth-order valence-corrected chi connectivity index (χ4v) is 13.1. The van der Waals surface area contributed by atoms with Crippen molar-refractivity contribution in [3.05, 3.63) is 35.5 Å². The van der Waals surface area contributed by atoms with E-state index >= 15 is 0 Å².